The first kappa shape index (κ1) is 26.1. The van der Waals surface area contributed by atoms with E-state index in [1.807, 2.05) is 66.7 Å². The lowest BCUT2D eigenvalue weighted by atomic mass is 9.94. The summed E-state index contributed by atoms with van der Waals surface area (Å²) in [6, 6.07) is 23.3. The van der Waals surface area contributed by atoms with Crippen LogP contribution in [0, 0.1) is 0 Å². The highest BCUT2D eigenvalue weighted by Crippen LogP contribution is 2.40. The number of hydrogen-bond donors (Lipinski definition) is 2. The summed E-state index contributed by atoms with van der Waals surface area (Å²) < 4.78 is 10.7. The van der Waals surface area contributed by atoms with E-state index >= 15 is 0 Å². The summed E-state index contributed by atoms with van der Waals surface area (Å²) in [6.45, 7) is 3.51. The van der Waals surface area contributed by atoms with Crippen molar-refractivity contribution >= 4 is 23.5 Å². The fourth-order valence-corrected chi connectivity index (χ4v) is 4.26. The third-order valence-electron chi connectivity index (χ3n) is 6.23. The molecule has 2 N–H and O–H groups in total. The first-order chi connectivity index (χ1) is 17.8. The molecule has 8 heteroatoms. The molecular formula is C29H30N2O6. The molecule has 192 valence electrons. The molecule has 2 atom stereocenters. The SMILES string of the molecule is CCOC(=O)[C@@](C)(O)C(=O)NC1C(=O)N(CCOCc2ccccc2)c2ccccc2-c2ccccc21. The smallest absolute Gasteiger partial charge is 0.347 e. The van der Waals surface area contributed by atoms with E-state index in [0.717, 1.165) is 23.6 Å². The number of hydrogen-bond acceptors (Lipinski definition) is 6. The van der Waals surface area contributed by atoms with E-state index < -0.39 is 29.4 Å². The number of esters is 1. The second-order valence-electron chi connectivity index (χ2n) is 8.83. The highest BCUT2D eigenvalue weighted by molar-refractivity contribution is 6.10. The first-order valence-corrected chi connectivity index (χ1v) is 12.2. The molecule has 37 heavy (non-hydrogen) atoms. The van der Waals surface area contributed by atoms with E-state index in [-0.39, 0.29) is 19.8 Å². The lowest BCUT2D eigenvalue weighted by Gasteiger charge is -2.28. The summed E-state index contributed by atoms with van der Waals surface area (Å²) >= 11 is 0. The summed E-state index contributed by atoms with van der Waals surface area (Å²) in [6.07, 6.45) is 0. The van der Waals surface area contributed by atoms with Crippen LogP contribution < -0.4 is 10.2 Å². The fraction of sp³-hybridized carbons (Fsp3) is 0.276. The Hall–Kier alpha value is -4.01. The summed E-state index contributed by atoms with van der Waals surface area (Å²) in [5.41, 5.74) is 1.37. The Morgan fingerprint density at radius 2 is 1.62 bits per heavy atom. The molecule has 8 nitrogen and oxygen atoms in total. The third kappa shape index (κ3) is 5.55. The maximum atomic E-state index is 14.0. The highest BCUT2D eigenvalue weighted by atomic mass is 16.5. The molecule has 1 aliphatic rings. The molecule has 0 bridgehead atoms. The van der Waals surface area contributed by atoms with Gasteiger partial charge >= 0.3 is 5.97 Å². The minimum Gasteiger partial charge on any atom is -0.463 e. The Bertz CT molecular complexity index is 1270. The van der Waals surface area contributed by atoms with Crippen LogP contribution in [0.5, 0.6) is 0 Å². The average molecular weight is 503 g/mol. The number of fused-ring (bicyclic) bond motifs is 3. The molecule has 0 aromatic heterocycles. The number of anilines is 1. The molecule has 2 amide bonds. The van der Waals surface area contributed by atoms with Crippen LogP contribution in [-0.4, -0.2) is 48.2 Å². The Morgan fingerprint density at radius 3 is 2.35 bits per heavy atom. The third-order valence-corrected chi connectivity index (χ3v) is 6.23. The largest absolute Gasteiger partial charge is 0.463 e. The second-order valence-corrected chi connectivity index (χ2v) is 8.83. The normalized spacial score (nSPS) is 16.1. The van der Waals surface area contributed by atoms with Crippen molar-refractivity contribution in [2.75, 3.05) is 24.7 Å². The van der Waals surface area contributed by atoms with Gasteiger partial charge in [-0.3, -0.25) is 9.59 Å². The van der Waals surface area contributed by atoms with Crippen LogP contribution in [0.1, 0.15) is 31.0 Å². The number of ether oxygens (including phenoxy) is 2. The van der Waals surface area contributed by atoms with Crippen molar-refractivity contribution in [3.8, 4) is 11.1 Å². The van der Waals surface area contributed by atoms with Crippen molar-refractivity contribution in [2.24, 2.45) is 0 Å². The zero-order valence-corrected chi connectivity index (χ0v) is 20.8. The van der Waals surface area contributed by atoms with Gasteiger partial charge in [-0.05, 0) is 36.6 Å². The zero-order valence-electron chi connectivity index (χ0n) is 20.8. The van der Waals surface area contributed by atoms with Gasteiger partial charge < -0.3 is 24.8 Å². The molecule has 1 aliphatic heterocycles. The first-order valence-electron chi connectivity index (χ1n) is 12.2. The maximum Gasteiger partial charge on any atom is 0.347 e. The number of carbonyl (C=O) groups is 3. The molecule has 0 saturated carbocycles. The molecule has 4 rings (SSSR count). The minimum atomic E-state index is -2.46. The number of carbonyl (C=O) groups excluding carboxylic acids is 3. The van der Waals surface area contributed by atoms with E-state index in [1.54, 1.807) is 24.0 Å². The van der Waals surface area contributed by atoms with Gasteiger partial charge in [-0.1, -0.05) is 72.8 Å². The van der Waals surface area contributed by atoms with Gasteiger partial charge in [0.1, 0.15) is 6.04 Å². The molecule has 0 spiro atoms. The van der Waals surface area contributed by atoms with Crippen molar-refractivity contribution < 1.29 is 29.0 Å². The minimum absolute atomic E-state index is 0.000472. The molecule has 0 saturated heterocycles. The van der Waals surface area contributed by atoms with Crippen LogP contribution in [0.2, 0.25) is 0 Å². The van der Waals surface area contributed by atoms with E-state index in [0.29, 0.717) is 17.9 Å². The van der Waals surface area contributed by atoms with E-state index in [4.69, 9.17) is 9.47 Å². The van der Waals surface area contributed by atoms with Crippen molar-refractivity contribution in [3.05, 3.63) is 90.0 Å². The molecular weight excluding hydrogens is 472 g/mol. The number of nitrogens with zero attached hydrogens (tertiary/aromatic N) is 1. The van der Waals surface area contributed by atoms with Gasteiger partial charge in [0.25, 0.3) is 11.8 Å². The molecule has 0 radical (unpaired) electrons. The van der Waals surface area contributed by atoms with E-state index in [9.17, 15) is 19.5 Å². The van der Waals surface area contributed by atoms with Crippen LogP contribution in [0.25, 0.3) is 11.1 Å². The summed E-state index contributed by atoms with van der Waals surface area (Å²) in [5, 5.41) is 13.2. The van der Waals surface area contributed by atoms with E-state index in [2.05, 4.69) is 5.32 Å². The van der Waals surface area contributed by atoms with Gasteiger partial charge in [-0.15, -0.1) is 0 Å². The van der Waals surface area contributed by atoms with Crippen molar-refractivity contribution in [2.45, 2.75) is 32.1 Å². The van der Waals surface area contributed by atoms with Crippen LogP contribution in [0.4, 0.5) is 5.69 Å². The molecule has 0 fully saturated rings. The van der Waals surface area contributed by atoms with Gasteiger partial charge in [0.15, 0.2) is 0 Å². The fourth-order valence-electron chi connectivity index (χ4n) is 4.26. The lowest BCUT2D eigenvalue weighted by molar-refractivity contribution is -0.169. The highest BCUT2D eigenvalue weighted by Gasteiger charge is 2.44. The quantitative estimate of drug-likeness (QED) is 0.264. The second kappa shape index (κ2) is 11.4. The lowest BCUT2D eigenvalue weighted by Crippen LogP contribution is -2.54. The van der Waals surface area contributed by atoms with E-state index in [1.165, 1.54) is 0 Å². The Kier molecular flexibility index (Phi) is 8.01. The van der Waals surface area contributed by atoms with Gasteiger partial charge in [0.05, 0.1) is 25.5 Å². The van der Waals surface area contributed by atoms with Crippen LogP contribution >= 0.6 is 0 Å². The maximum absolute atomic E-state index is 14.0. The van der Waals surface area contributed by atoms with Crippen molar-refractivity contribution in [3.63, 3.8) is 0 Å². The van der Waals surface area contributed by atoms with Gasteiger partial charge in [-0.25, -0.2) is 4.79 Å². The Labute approximate surface area is 215 Å². The predicted molar refractivity (Wildman–Crippen MR) is 138 cm³/mol. The van der Waals surface area contributed by atoms with Crippen LogP contribution in [0.3, 0.4) is 0 Å². The van der Waals surface area contributed by atoms with Crippen LogP contribution in [-0.2, 0) is 30.5 Å². The summed E-state index contributed by atoms with van der Waals surface area (Å²) in [4.78, 5) is 40.8. The Morgan fingerprint density at radius 1 is 0.973 bits per heavy atom. The summed E-state index contributed by atoms with van der Waals surface area (Å²) in [5.74, 6) is -2.52. The topological polar surface area (TPSA) is 105 Å². The molecule has 1 heterocycles. The number of para-hydroxylation sites is 1. The number of nitrogens with one attached hydrogen (secondary N) is 1. The average Bonchev–Trinajstić information content (AvgIpc) is 3.01. The predicted octanol–water partition coefficient (Wildman–Crippen LogP) is 3.39. The number of aliphatic hydroxyl groups is 1. The van der Waals surface area contributed by atoms with Gasteiger partial charge in [-0.2, -0.15) is 0 Å². The van der Waals surface area contributed by atoms with Crippen molar-refractivity contribution in [1.29, 1.82) is 0 Å². The molecule has 1 unspecified atom stereocenters. The number of rotatable bonds is 9. The number of benzene rings is 3. The standard InChI is InChI=1S/C29H30N2O6/c1-3-37-28(34)29(2,35)27(33)30-25-23-15-8-7-13-21(23)22-14-9-10-16-24(22)31(26(25)32)17-18-36-19-20-11-5-4-6-12-20/h4-16,25,35H,3,17-19H2,1-2H3,(H,30,33)/t25?,29-/m0/s1. The van der Waals surface area contributed by atoms with Crippen LogP contribution in [0.15, 0.2) is 78.9 Å². The monoisotopic (exact) mass is 502 g/mol. The molecule has 3 aromatic rings. The van der Waals surface area contributed by atoms with Gasteiger partial charge in [0.2, 0.25) is 5.60 Å². The van der Waals surface area contributed by atoms with Crippen molar-refractivity contribution in [1.82, 2.24) is 5.32 Å². The zero-order chi connectivity index (χ0) is 26.4. The number of amides is 2. The molecule has 0 aliphatic carbocycles. The van der Waals surface area contributed by atoms with Gasteiger partial charge in [0, 0.05) is 12.1 Å². The molecule has 3 aromatic carbocycles. The summed E-state index contributed by atoms with van der Waals surface area (Å²) in [7, 11) is 0. The Balaban J connectivity index is 1.64.